The zero-order valence-corrected chi connectivity index (χ0v) is 24.1. The maximum atomic E-state index is 13.5. The normalized spacial score (nSPS) is 14.7. The molecule has 0 saturated carbocycles. The Morgan fingerprint density at radius 2 is 1.77 bits per heavy atom. The number of rotatable bonds is 5. The second kappa shape index (κ2) is 9.78. The predicted octanol–water partition coefficient (Wildman–Crippen LogP) is 5.21. The highest BCUT2D eigenvalue weighted by atomic mass is 16.5. The summed E-state index contributed by atoms with van der Waals surface area (Å²) in [6.07, 6.45) is 0. The fraction of sp³-hybridized carbons (Fsp3) is 0.400. The van der Waals surface area contributed by atoms with E-state index in [2.05, 4.69) is 47.0 Å². The molecule has 10 nitrogen and oxygen atoms in total. The fourth-order valence-corrected chi connectivity index (χ4v) is 5.78. The fourth-order valence-electron chi connectivity index (χ4n) is 5.78. The Morgan fingerprint density at radius 3 is 2.42 bits per heavy atom. The van der Waals surface area contributed by atoms with Crippen molar-refractivity contribution >= 4 is 27.8 Å². The van der Waals surface area contributed by atoms with Gasteiger partial charge in [-0.15, -0.1) is 0 Å². The lowest BCUT2D eigenvalue weighted by molar-refractivity contribution is 0.0658. The summed E-state index contributed by atoms with van der Waals surface area (Å²) in [4.78, 5) is 34.3. The Hall–Kier alpha value is -4.18. The van der Waals surface area contributed by atoms with Crippen molar-refractivity contribution in [3.63, 3.8) is 0 Å². The van der Waals surface area contributed by atoms with Crippen LogP contribution in [-0.4, -0.2) is 81.1 Å². The lowest BCUT2D eigenvalue weighted by atomic mass is 9.98. The first kappa shape index (κ1) is 26.1. The lowest BCUT2D eigenvalue weighted by Gasteiger charge is -2.32. The number of fused-ring (bicyclic) bond motifs is 3. The molecule has 0 aliphatic carbocycles. The minimum absolute atomic E-state index is 0.0213. The van der Waals surface area contributed by atoms with Crippen LogP contribution in [0.25, 0.3) is 44.3 Å². The topological polar surface area (TPSA) is 116 Å². The Bertz CT molecular complexity index is 1730. The zero-order chi connectivity index (χ0) is 28.3. The van der Waals surface area contributed by atoms with Gasteiger partial charge < -0.3 is 29.0 Å². The molecule has 0 unspecified atom stereocenters. The Labute approximate surface area is 232 Å². The van der Waals surface area contributed by atoms with E-state index in [1.807, 2.05) is 37.8 Å². The number of aromatic amines is 2. The van der Waals surface area contributed by atoms with E-state index in [-0.39, 0.29) is 11.8 Å². The van der Waals surface area contributed by atoms with Gasteiger partial charge in [0.1, 0.15) is 28.7 Å². The van der Waals surface area contributed by atoms with E-state index in [1.54, 1.807) is 7.11 Å². The number of nitrogens with zero attached hydrogens (tertiary/aromatic N) is 5. The number of amides is 1. The second-order valence-corrected chi connectivity index (χ2v) is 11.0. The maximum absolute atomic E-state index is 13.5. The molecule has 1 aromatic carbocycles. The van der Waals surface area contributed by atoms with Gasteiger partial charge in [-0.05, 0) is 51.9 Å². The van der Waals surface area contributed by atoms with Gasteiger partial charge in [-0.3, -0.25) is 4.79 Å². The molecule has 208 valence electrons. The van der Waals surface area contributed by atoms with Crippen molar-refractivity contribution < 1.29 is 14.1 Å². The molecule has 0 radical (unpaired) electrons. The number of piperazine rings is 1. The van der Waals surface area contributed by atoms with Gasteiger partial charge in [0, 0.05) is 53.9 Å². The molecule has 1 amide bonds. The van der Waals surface area contributed by atoms with Gasteiger partial charge in [0.05, 0.1) is 29.4 Å². The van der Waals surface area contributed by atoms with Crippen molar-refractivity contribution in [2.45, 2.75) is 40.5 Å². The molecular weight excluding hydrogens is 506 g/mol. The summed E-state index contributed by atoms with van der Waals surface area (Å²) in [6, 6.07) is 6.05. The first-order chi connectivity index (χ1) is 19.2. The minimum Gasteiger partial charge on any atom is -0.496 e. The van der Waals surface area contributed by atoms with E-state index in [9.17, 15) is 4.79 Å². The number of H-pyrrole nitrogens is 2. The molecule has 0 atom stereocenters. The summed E-state index contributed by atoms with van der Waals surface area (Å²) < 4.78 is 11.3. The Kier molecular flexibility index (Phi) is 6.37. The predicted molar refractivity (Wildman–Crippen MR) is 155 cm³/mol. The standard InChI is InChI=1S/C30H35N7O3/c1-15(2)27-21(13-23(33-27)30(38)37-10-8-36(6)9-11-37)28-26-19-14-24(39-7)20(25-16(3)35-40-17(25)4)12-22(19)34-29(26)32-18(5)31-28/h12-15,33H,8-11H2,1-7H3,(H,31,32,34). The molecule has 0 bridgehead atoms. The number of ether oxygens (including phenoxy) is 1. The number of benzene rings is 1. The number of aromatic nitrogens is 5. The van der Waals surface area contributed by atoms with Crippen molar-refractivity contribution in [3.8, 4) is 28.1 Å². The Morgan fingerprint density at radius 1 is 1.02 bits per heavy atom. The summed E-state index contributed by atoms with van der Waals surface area (Å²) in [7, 11) is 3.75. The summed E-state index contributed by atoms with van der Waals surface area (Å²) in [5, 5.41) is 5.97. The van der Waals surface area contributed by atoms with Crippen LogP contribution < -0.4 is 4.74 Å². The van der Waals surface area contributed by atoms with Gasteiger partial charge >= 0.3 is 0 Å². The van der Waals surface area contributed by atoms with Crippen molar-refractivity contribution in [2.75, 3.05) is 40.3 Å². The molecule has 1 aliphatic rings. The molecule has 1 aliphatic heterocycles. The van der Waals surface area contributed by atoms with E-state index in [4.69, 9.17) is 19.2 Å². The number of carbonyl (C=O) groups excluding carboxylic acids is 1. The number of nitrogens with one attached hydrogen (secondary N) is 2. The SMILES string of the molecule is COc1cc2c(cc1-c1c(C)noc1C)[nH]c1nc(C)nc(-c3cc(C(=O)N4CCN(C)CC4)[nH]c3C(C)C)c12. The van der Waals surface area contributed by atoms with E-state index in [0.29, 0.717) is 30.4 Å². The molecule has 2 N–H and O–H groups in total. The van der Waals surface area contributed by atoms with Crippen LogP contribution in [-0.2, 0) is 0 Å². The van der Waals surface area contributed by atoms with Crippen LogP contribution in [0.3, 0.4) is 0 Å². The summed E-state index contributed by atoms with van der Waals surface area (Å²) >= 11 is 0. The first-order valence-electron chi connectivity index (χ1n) is 13.7. The highest BCUT2D eigenvalue weighted by Crippen LogP contribution is 2.42. The van der Waals surface area contributed by atoms with Crippen LogP contribution in [0, 0.1) is 20.8 Å². The van der Waals surface area contributed by atoms with E-state index in [1.165, 1.54) is 0 Å². The van der Waals surface area contributed by atoms with E-state index >= 15 is 0 Å². The van der Waals surface area contributed by atoms with E-state index < -0.39 is 0 Å². The largest absolute Gasteiger partial charge is 0.496 e. The van der Waals surface area contributed by atoms with Crippen molar-refractivity contribution in [2.24, 2.45) is 0 Å². The minimum atomic E-state index is 0.0213. The van der Waals surface area contributed by atoms with Gasteiger partial charge in [-0.25, -0.2) is 9.97 Å². The monoisotopic (exact) mass is 541 g/mol. The summed E-state index contributed by atoms with van der Waals surface area (Å²) in [5.74, 6) is 2.26. The molecule has 5 aromatic rings. The number of hydrogen-bond donors (Lipinski definition) is 2. The molecule has 4 aromatic heterocycles. The van der Waals surface area contributed by atoms with Crippen molar-refractivity contribution in [1.29, 1.82) is 0 Å². The molecule has 1 saturated heterocycles. The van der Waals surface area contributed by atoms with Gasteiger partial charge in [0.15, 0.2) is 0 Å². The number of methoxy groups -OCH3 is 1. The smallest absolute Gasteiger partial charge is 0.270 e. The third-order valence-electron chi connectivity index (χ3n) is 7.89. The average Bonchev–Trinajstić information content (AvgIpc) is 3.62. The van der Waals surface area contributed by atoms with Crippen LogP contribution in [0.1, 0.15) is 53.2 Å². The Balaban J connectivity index is 1.55. The number of carbonyl (C=O) groups is 1. The molecule has 5 heterocycles. The second-order valence-electron chi connectivity index (χ2n) is 11.0. The first-order valence-corrected chi connectivity index (χ1v) is 13.7. The van der Waals surface area contributed by atoms with Gasteiger partial charge in [-0.2, -0.15) is 0 Å². The highest BCUT2D eigenvalue weighted by molar-refractivity contribution is 6.14. The average molecular weight is 542 g/mol. The van der Waals surface area contributed by atoms with Gasteiger partial charge in [0.25, 0.3) is 5.91 Å². The third-order valence-corrected chi connectivity index (χ3v) is 7.89. The van der Waals surface area contributed by atoms with E-state index in [0.717, 1.165) is 74.6 Å². The molecular formula is C30H35N7O3. The maximum Gasteiger partial charge on any atom is 0.270 e. The van der Waals surface area contributed by atoms with Crippen LogP contribution in [0.5, 0.6) is 5.75 Å². The van der Waals surface area contributed by atoms with Crippen LogP contribution in [0.15, 0.2) is 22.7 Å². The highest BCUT2D eigenvalue weighted by Gasteiger charge is 2.27. The van der Waals surface area contributed by atoms with Crippen LogP contribution in [0.4, 0.5) is 0 Å². The van der Waals surface area contributed by atoms with Crippen molar-refractivity contribution in [1.82, 2.24) is 34.9 Å². The summed E-state index contributed by atoms with van der Waals surface area (Å²) in [6.45, 7) is 13.1. The lowest BCUT2D eigenvalue weighted by Crippen LogP contribution is -2.47. The quantitative estimate of drug-likeness (QED) is 0.314. The number of likely N-dealkylation sites (N-methyl/N-ethyl adjacent to an activating group) is 1. The van der Waals surface area contributed by atoms with Crippen LogP contribution in [0.2, 0.25) is 0 Å². The summed E-state index contributed by atoms with van der Waals surface area (Å²) in [5.41, 5.74) is 7.52. The zero-order valence-electron chi connectivity index (χ0n) is 24.1. The number of hydrogen-bond acceptors (Lipinski definition) is 7. The molecule has 1 fully saturated rings. The van der Waals surface area contributed by atoms with Gasteiger partial charge in [-0.1, -0.05) is 19.0 Å². The number of aryl methyl sites for hydroxylation is 3. The molecule has 40 heavy (non-hydrogen) atoms. The third kappa shape index (κ3) is 4.23. The molecule has 6 rings (SSSR count). The van der Waals surface area contributed by atoms with Crippen LogP contribution >= 0.6 is 0 Å². The van der Waals surface area contributed by atoms with Gasteiger partial charge in [0.2, 0.25) is 0 Å². The molecule has 10 heteroatoms. The van der Waals surface area contributed by atoms with Crippen molar-refractivity contribution in [3.05, 3.63) is 46.9 Å². The molecule has 0 spiro atoms.